The molecular weight excluding hydrogens is 282 g/mol. The molecule has 0 aliphatic carbocycles. The lowest BCUT2D eigenvalue weighted by molar-refractivity contribution is -0.134. The first-order valence-corrected chi connectivity index (χ1v) is 7.60. The highest BCUT2D eigenvalue weighted by molar-refractivity contribution is 5.97. The second-order valence-electron chi connectivity index (χ2n) is 5.77. The molecule has 120 valence electrons. The quantitative estimate of drug-likeness (QED) is 0.784. The van der Waals surface area contributed by atoms with Crippen molar-refractivity contribution in [2.45, 2.75) is 26.7 Å². The van der Waals surface area contributed by atoms with Crippen LogP contribution in [0.1, 0.15) is 37.0 Å². The van der Waals surface area contributed by atoms with Crippen molar-refractivity contribution in [3.63, 3.8) is 0 Å². The van der Waals surface area contributed by atoms with Gasteiger partial charge in [-0.15, -0.1) is 0 Å². The molecule has 0 N–H and O–H groups in total. The standard InChI is InChI=1S/C17H23NO4/c1-12-6-8-18(9-7-12)17(20)11-22-16-10-14(21-3)4-5-15(16)13(2)19/h4-5,10,12H,6-9,11H2,1-3H3. The maximum atomic E-state index is 12.2. The fourth-order valence-corrected chi connectivity index (χ4v) is 2.53. The average molecular weight is 305 g/mol. The molecule has 0 bridgehead atoms. The van der Waals surface area contributed by atoms with E-state index in [1.54, 1.807) is 25.3 Å². The molecule has 1 aromatic rings. The third kappa shape index (κ3) is 4.00. The molecule has 1 aliphatic rings. The molecule has 0 spiro atoms. The van der Waals surface area contributed by atoms with Crippen LogP contribution in [0.2, 0.25) is 0 Å². The number of rotatable bonds is 5. The fourth-order valence-electron chi connectivity index (χ4n) is 2.53. The monoisotopic (exact) mass is 305 g/mol. The van der Waals surface area contributed by atoms with Gasteiger partial charge < -0.3 is 14.4 Å². The van der Waals surface area contributed by atoms with Gasteiger partial charge >= 0.3 is 0 Å². The molecule has 0 atom stereocenters. The summed E-state index contributed by atoms with van der Waals surface area (Å²) in [6, 6.07) is 5.00. The molecule has 1 fully saturated rings. The first-order chi connectivity index (χ1) is 10.5. The van der Waals surface area contributed by atoms with Gasteiger partial charge in [0.05, 0.1) is 12.7 Å². The Morgan fingerprint density at radius 1 is 1.27 bits per heavy atom. The van der Waals surface area contributed by atoms with E-state index in [4.69, 9.17) is 9.47 Å². The number of piperidine rings is 1. The molecule has 0 radical (unpaired) electrons. The molecule has 5 heteroatoms. The summed E-state index contributed by atoms with van der Waals surface area (Å²) in [5.74, 6) is 1.53. The zero-order chi connectivity index (χ0) is 16.1. The molecule has 0 saturated carbocycles. The van der Waals surface area contributed by atoms with Crippen LogP contribution in [0.3, 0.4) is 0 Å². The third-order valence-corrected chi connectivity index (χ3v) is 4.06. The molecule has 0 unspecified atom stereocenters. The Kier molecular flexibility index (Phi) is 5.41. The van der Waals surface area contributed by atoms with E-state index < -0.39 is 0 Å². The lowest BCUT2D eigenvalue weighted by atomic mass is 9.99. The number of ether oxygens (including phenoxy) is 2. The molecule has 22 heavy (non-hydrogen) atoms. The van der Waals surface area contributed by atoms with Crippen molar-refractivity contribution >= 4 is 11.7 Å². The molecule has 2 rings (SSSR count). The first-order valence-electron chi connectivity index (χ1n) is 7.60. The summed E-state index contributed by atoms with van der Waals surface area (Å²) < 4.78 is 10.7. The van der Waals surface area contributed by atoms with Crippen LogP contribution in [0.5, 0.6) is 11.5 Å². The number of amides is 1. The largest absolute Gasteiger partial charge is 0.497 e. The van der Waals surface area contributed by atoms with E-state index in [1.165, 1.54) is 6.92 Å². The van der Waals surface area contributed by atoms with Gasteiger partial charge in [0.25, 0.3) is 5.91 Å². The Morgan fingerprint density at radius 3 is 2.55 bits per heavy atom. The Labute approximate surface area is 131 Å². The Hall–Kier alpha value is -2.04. The van der Waals surface area contributed by atoms with Crippen molar-refractivity contribution in [3.05, 3.63) is 23.8 Å². The summed E-state index contributed by atoms with van der Waals surface area (Å²) in [6.07, 6.45) is 2.06. The second kappa shape index (κ2) is 7.29. The molecule has 1 saturated heterocycles. The van der Waals surface area contributed by atoms with Gasteiger partial charge in [-0.25, -0.2) is 0 Å². The second-order valence-corrected chi connectivity index (χ2v) is 5.77. The molecule has 1 aliphatic heterocycles. The highest BCUT2D eigenvalue weighted by Gasteiger charge is 2.21. The number of hydrogen-bond acceptors (Lipinski definition) is 4. The van der Waals surface area contributed by atoms with Gasteiger partial charge in [0, 0.05) is 19.2 Å². The van der Waals surface area contributed by atoms with Crippen LogP contribution in [0.4, 0.5) is 0 Å². The van der Waals surface area contributed by atoms with Crippen LogP contribution in [0.25, 0.3) is 0 Å². The predicted molar refractivity (Wildman–Crippen MR) is 83.5 cm³/mol. The van der Waals surface area contributed by atoms with Gasteiger partial charge in [0.2, 0.25) is 0 Å². The van der Waals surface area contributed by atoms with Gasteiger partial charge in [-0.3, -0.25) is 9.59 Å². The summed E-state index contributed by atoms with van der Waals surface area (Å²) in [7, 11) is 1.55. The van der Waals surface area contributed by atoms with Crippen LogP contribution >= 0.6 is 0 Å². The van der Waals surface area contributed by atoms with E-state index >= 15 is 0 Å². The van der Waals surface area contributed by atoms with E-state index in [1.807, 2.05) is 4.90 Å². The summed E-state index contributed by atoms with van der Waals surface area (Å²) in [5.41, 5.74) is 0.459. The van der Waals surface area contributed by atoms with Crippen molar-refractivity contribution in [2.75, 3.05) is 26.8 Å². The van der Waals surface area contributed by atoms with Gasteiger partial charge in [0.1, 0.15) is 11.5 Å². The fraction of sp³-hybridized carbons (Fsp3) is 0.529. The smallest absolute Gasteiger partial charge is 0.260 e. The van der Waals surface area contributed by atoms with Crippen molar-refractivity contribution in [1.82, 2.24) is 4.90 Å². The summed E-state index contributed by atoms with van der Waals surface area (Å²) in [4.78, 5) is 25.7. The van der Waals surface area contributed by atoms with Gasteiger partial charge in [-0.2, -0.15) is 0 Å². The number of hydrogen-bond donors (Lipinski definition) is 0. The zero-order valence-electron chi connectivity index (χ0n) is 13.4. The number of carbonyl (C=O) groups excluding carboxylic acids is 2. The number of carbonyl (C=O) groups is 2. The molecule has 1 aromatic carbocycles. The molecule has 0 aromatic heterocycles. The number of ketones is 1. The van der Waals surface area contributed by atoms with E-state index in [9.17, 15) is 9.59 Å². The van der Waals surface area contributed by atoms with E-state index in [0.29, 0.717) is 23.0 Å². The number of methoxy groups -OCH3 is 1. The Morgan fingerprint density at radius 2 is 1.95 bits per heavy atom. The van der Waals surface area contributed by atoms with Crippen molar-refractivity contribution < 1.29 is 19.1 Å². The van der Waals surface area contributed by atoms with Gasteiger partial charge in [-0.1, -0.05) is 6.92 Å². The van der Waals surface area contributed by atoms with Crippen LogP contribution in [-0.4, -0.2) is 43.4 Å². The van der Waals surface area contributed by atoms with Crippen molar-refractivity contribution in [1.29, 1.82) is 0 Å². The zero-order valence-corrected chi connectivity index (χ0v) is 13.4. The average Bonchev–Trinajstić information content (AvgIpc) is 2.52. The third-order valence-electron chi connectivity index (χ3n) is 4.06. The molecule has 1 heterocycles. The van der Waals surface area contributed by atoms with E-state index in [2.05, 4.69) is 6.92 Å². The van der Waals surface area contributed by atoms with Crippen molar-refractivity contribution in [2.24, 2.45) is 5.92 Å². The van der Waals surface area contributed by atoms with E-state index in [-0.39, 0.29) is 18.3 Å². The minimum Gasteiger partial charge on any atom is -0.497 e. The topological polar surface area (TPSA) is 55.8 Å². The number of likely N-dealkylation sites (tertiary alicyclic amines) is 1. The predicted octanol–water partition coefficient (Wildman–Crippen LogP) is 2.54. The normalized spacial score (nSPS) is 15.5. The molecule has 5 nitrogen and oxygen atoms in total. The SMILES string of the molecule is COc1ccc(C(C)=O)c(OCC(=O)N2CCC(C)CC2)c1. The summed E-state index contributed by atoms with van der Waals surface area (Å²) in [5, 5.41) is 0. The van der Waals surface area contributed by atoms with Crippen LogP contribution in [0.15, 0.2) is 18.2 Å². The van der Waals surface area contributed by atoms with Crippen LogP contribution < -0.4 is 9.47 Å². The molecule has 1 amide bonds. The minimum atomic E-state index is -0.100. The highest BCUT2D eigenvalue weighted by Crippen LogP contribution is 2.25. The summed E-state index contributed by atoms with van der Waals surface area (Å²) >= 11 is 0. The highest BCUT2D eigenvalue weighted by atomic mass is 16.5. The lowest BCUT2D eigenvalue weighted by Crippen LogP contribution is -2.40. The van der Waals surface area contributed by atoms with Crippen LogP contribution in [0, 0.1) is 5.92 Å². The van der Waals surface area contributed by atoms with E-state index in [0.717, 1.165) is 25.9 Å². The number of benzene rings is 1. The van der Waals surface area contributed by atoms with Crippen LogP contribution in [-0.2, 0) is 4.79 Å². The molecular formula is C17H23NO4. The summed E-state index contributed by atoms with van der Waals surface area (Å²) in [6.45, 7) is 5.18. The first kappa shape index (κ1) is 16.3. The van der Waals surface area contributed by atoms with Crippen molar-refractivity contribution in [3.8, 4) is 11.5 Å². The maximum Gasteiger partial charge on any atom is 0.260 e. The number of Topliss-reactive ketones (excluding diaryl/α,β-unsaturated/α-hetero) is 1. The lowest BCUT2D eigenvalue weighted by Gasteiger charge is -2.30. The number of nitrogens with zero attached hydrogens (tertiary/aromatic N) is 1. The Bertz CT molecular complexity index is 548. The maximum absolute atomic E-state index is 12.2. The minimum absolute atomic E-state index is 0.0378. The Balaban J connectivity index is 2.01. The van der Waals surface area contributed by atoms with Gasteiger partial charge in [0.15, 0.2) is 12.4 Å². The van der Waals surface area contributed by atoms with Gasteiger partial charge in [-0.05, 0) is 37.8 Å².